The van der Waals surface area contributed by atoms with E-state index >= 15 is 0 Å². The molecule has 0 aliphatic rings. The lowest BCUT2D eigenvalue weighted by atomic mass is 9.87. The predicted octanol–water partition coefficient (Wildman–Crippen LogP) is 3.81. The van der Waals surface area contributed by atoms with Crippen LogP contribution in [0.4, 0.5) is 0 Å². The second-order valence-electron chi connectivity index (χ2n) is 10.5. The molecule has 0 unspecified atom stereocenters. The average molecular weight is 592 g/mol. The first kappa shape index (κ1) is 34.5. The van der Waals surface area contributed by atoms with Crippen LogP contribution in [0.2, 0.25) is 0 Å². The molecule has 2 aromatic carbocycles. The molecule has 9 nitrogen and oxygen atoms in total. The fraction of sp³-hybridized carbons (Fsp3) is 0.548. The summed E-state index contributed by atoms with van der Waals surface area (Å²) in [6.45, 7) is 5.37. The summed E-state index contributed by atoms with van der Waals surface area (Å²) in [7, 11) is 3.14. The van der Waals surface area contributed by atoms with Crippen LogP contribution in [0.25, 0.3) is 0 Å². The van der Waals surface area contributed by atoms with Gasteiger partial charge in [-0.15, -0.1) is 0 Å². The number of carbonyl (C=O) groups is 2. The molecule has 0 fully saturated rings. The number of para-hydroxylation sites is 1. The van der Waals surface area contributed by atoms with Gasteiger partial charge in [0.1, 0.15) is 11.9 Å². The van der Waals surface area contributed by atoms with Crippen LogP contribution in [-0.2, 0) is 20.7 Å². The third kappa shape index (κ3) is 12.0. The number of unbranched alkanes of at least 4 members (excludes halogenated alkanes) is 1. The topological polar surface area (TPSA) is 123 Å². The van der Waals surface area contributed by atoms with Gasteiger partial charge < -0.3 is 30.4 Å². The van der Waals surface area contributed by atoms with Crippen molar-refractivity contribution < 1.29 is 28.9 Å². The quantitative estimate of drug-likeness (QED) is 0.168. The van der Waals surface area contributed by atoms with Crippen LogP contribution >= 0.6 is 11.8 Å². The molecule has 0 radical (unpaired) electrons. The first-order valence-corrected chi connectivity index (χ1v) is 14.5. The van der Waals surface area contributed by atoms with E-state index < -0.39 is 18.2 Å². The van der Waals surface area contributed by atoms with Gasteiger partial charge in [0.25, 0.3) is 5.91 Å². The number of carbonyl (C=O) groups excluding carboxylic acids is 2. The van der Waals surface area contributed by atoms with Crippen LogP contribution in [-0.4, -0.2) is 80.1 Å². The van der Waals surface area contributed by atoms with Gasteiger partial charge in [-0.3, -0.25) is 14.0 Å². The monoisotopic (exact) mass is 591 g/mol. The van der Waals surface area contributed by atoms with Crippen molar-refractivity contribution in [2.24, 2.45) is 17.6 Å². The average Bonchev–Trinajstić information content (AvgIpc) is 2.98. The van der Waals surface area contributed by atoms with Gasteiger partial charge in [0.05, 0.1) is 18.3 Å². The van der Waals surface area contributed by atoms with Crippen molar-refractivity contribution in [3.05, 3.63) is 65.7 Å². The lowest BCUT2D eigenvalue weighted by Gasteiger charge is -2.29. The maximum Gasteiger partial charge on any atom is 0.271 e. The first-order chi connectivity index (χ1) is 19.7. The highest BCUT2D eigenvalue weighted by atomic mass is 35.5. The number of nitrogens with one attached hydrogen (secondary N) is 1. The second-order valence-corrected chi connectivity index (χ2v) is 10.9. The van der Waals surface area contributed by atoms with E-state index in [1.807, 2.05) is 50.2 Å². The van der Waals surface area contributed by atoms with Crippen molar-refractivity contribution in [3.8, 4) is 5.75 Å². The van der Waals surface area contributed by atoms with Gasteiger partial charge in [-0.05, 0) is 48.8 Å². The lowest BCUT2D eigenvalue weighted by molar-refractivity contribution is -0.131. The van der Waals surface area contributed by atoms with Crippen LogP contribution in [0.15, 0.2) is 54.6 Å². The van der Waals surface area contributed by atoms with Crippen molar-refractivity contribution >= 4 is 23.6 Å². The number of ether oxygens (including phenoxy) is 3. The number of nitrogens with two attached hydrogens (primary N) is 1. The Kier molecular flexibility index (Phi) is 15.7. The fourth-order valence-corrected chi connectivity index (χ4v) is 4.63. The number of aliphatic hydroxyl groups excluding tert-OH is 1. The van der Waals surface area contributed by atoms with Crippen LogP contribution < -0.4 is 15.8 Å². The summed E-state index contributed by atoms with van der Waals surface area (Å²) in [5.41, 5.74) is 7.70. The predicted molar refractivity (Wildman–Crippen MR) is 161 cm³/mol. The molecule has 2 amide bonds. The Morgan fingerprint density at radius 3 is 2.34 bits per heavy atom. The minimum atomic E-state index is -0.985. The minimum Gasteiger partial charge on any atom is -0.493 e. The van der Waals surface area contributed by atoms with E-state index in [0.29, 0.717) is 37.4 Å². The Morgan fingerprint density at radius 2 is 1.68 bits per heavy atom. The molecular weight excluding hydrogens is 546 g/mol. The van der Waals surface area contributed by atoms with Crippen LogP contribution in [0.5, 0.6) is 5.75 Å². The zero-order valence-corrected chi connectivity index (χ0v) is 25.4. The van der Waals surface area contributed by atoms with Crippen LogP contribution in [0.3, 0.4) is 0 Å². The number of benzene rings is 2. The number of methoxy groups -OCH3 is 2. The lowest BCUT2D eigenvalue weighted by Crippen LogP contribution is -2.48. The maximum absolute atomic E-state index is 13.2. The van der Waals surface area contributed by atoms with Gasteiger partial charge in [0, 0.05) is 58.2 Å². The van der Waals surface area contributed by atoms with Crippen LogP contribution in [0.1, 0.15) is 49.0 Å². The summed E-state index contributed by atoms with van der Waals surface area (Å²) >= 11 is 6.50. The number of hydrogen-bond acceptors (Lipinski definition) is 7. The van der Waals surface area contributed by atoms with Crippen molar-refractivity contribution in [1.82, 2.24) is 9.74 Å². The molecule has 4 atom stereocenters. The highest BCUT2D eigenvalue weighted by Gasteiger charge is 2.28. The standard InChI is InChI=1S/C31H46ClN3O6/c1-22(2)24(21-35(32)31(38)25-14-8-9-15-28(25)41-17-11-10-16-39-3)19-26(33)27(36)20-34-30(37)29(40-4)18-23-12-6-5-7-13-23/h5-9,12-15,22,24,26-27,29,36H,10-11,16-21,33H2,1-4H3,(H,34,37)/t24-,26+,27+,29-/m1/s1. The highest BCUT2D eigenvalue weighted by Crippen LogP contribution is 2.25. The van der Waals surface area contributed by atoms with Gasteiger partial charge in [0.15, 0.2) is 0 Å². The van der Waals surface area contributed by atoms with Crippen molar-refractivity contribution in [3.63, 3.8) is 0 Å². The van der Waals surface area contributed by atoms with E-state index in [9.17, 15) is 14.7 Å². The summed E-state index contributed by atoms with van der Waals surface area (Å²) < 4.78 is 17.4. The van der Waals surface area contributed by atoms with Crippen LogP contribution in [0, 0.1) is 11.8 Å². The number of amides is 2. The van der Waals surface area contributed by atoms with Crippen molar-refractivity contribution in [1.29, 1.82) is 0 Å². The first-order valence-electron chi connectivity index (χ1n) is 14.1. The third-order valence-electron chi connectivity index (χ3n) is 7.07. The Labute approximate surface area is 249 Å². The molecule has 0 saturated carbocycles. The molecule has 0 aliphatic heterocycles. The molecular formula is C31H46ClN3O6. The molecule has 2 aromatic rings. The van der Waals surface area contributed by atoms with E-state index in [1.165, 1.54) is 7.11 Å². The van der Waals surface area contributed by atoms with Gasteiger partial charge in [0.2, 0.25) is 5.91 Å². The van der Waals surface area contributed by atoms with Crippen molar-refractivity contribution in [2.45, 2.75) is 57.8 Å². The van der Waals surface area contributed by atoms with Gasteiger partial charge >= 0.3 is 0 Å². The molecule has 41 heavy (non-hydrogen) atoms. The molecule has 0 bridgehead atoms. The summed E-state index contributed by atoms with van der Waals surface area (Å²) in [5.74, 6) is -0.168. The molecule has 228 valence electrons. The molecule has 0 saturated heterocycles. The molecule has 0 aliphatic carbocycles. The maximum atomic E-state index is 13.2. The van der Waals surface area contributed by atoms with E-state index in [-0.39, 0.29) is 36.7 Å². The van der Waals surface area contributed by atoms with E-state index in [2.05, 4.69) is 5.32 Å². The smallest absolute Gasteiger partial charge is 0.271 e. The normalized spacial score (nSPS) is 14.2. The molecule has 2 rings (SSSR count). The summed E-state index contributed by atoms with van der Waals surface area (Å²) in [6, 6.07) is 16.0. The Hall–Kier alpha value is -2.69. The summed E-state index contributed by atoms with van der Waals surface area (Å²) in [4.78, 5) is 25.9. The highest BCUT2D eigenvalue weighted by molar-refractivity contribution is 6.24. The van der Waals surface area contributed by atoms with E-state index in [1.54, 1.807) is 25.3 Å². The minimum absolute atomic E-state index is 0.0158. The fourth-order valence-electron chi connectivity index (χ4n) is 4.37. The zero-order chi connectivity index (χ0) is 30.2. The van der Waals surface area contributed by atoms with E-state index in [4.69, 9.17) is 31.7 Å². The van der Waals surface area contributed by atoms with Gasteiger partial charge in [-0.25, -0.2) is 0 Å². The second kappa shape index (κ2) is 18.7. The number of nitrogens with zero attached hydrogens (tertiary/aromatic N) is 1. The molecule has 10 heteroatoms. The molecule has 0 spiro atoms. The summed E-state index contributed by atoms with van der Waals surface area (Å²) in [6.07, 6.45) is 0.818. The third-order valence-corrected chi connectivity index (χ3v) is 7.36. The number of rotatable bonds is 19. The zero-order valence-electron chi connectivity index (χ0n) is 24.6. The Morgan fingerprint density at radius 1 is 1.02 bits per heavy atom. The van der Waals surface area contributed by atoms with Gasteiger partial charge in [-0.2, -0.15) is 0 Å². The molecule has 4 N–H and O–H groups in total. The van der Waals surface area contributed by atoms with E-state index in [0.717, 1.165) is 22.8 Å². The number of hydrogen-bond donors (Lipinski definition) is 3. The SMILES string of the molecule is COCCCCOc1ccccc1C(=O)N(Cl)C[C@@H](C[C@H](N)[C@@H](O)CNC(=O)[C@@H](Cc1ccccc1)OC)C(C)C. The van der Waals surface area contributed by atoms with Crippen molar-refractivity contribution in [2.75, 3.05) is 40.5 Å². The number of aliphatic hydroxyl groups is 1. The Bertz CT molecular complexity index is 1040. The number of halogens is 1. The molecule has 0 aromatic heterocycles. The van der Waals surface area contributed by atoms with Gasteiger partial charge in [-0.1, -0.05) is 56.3 Å². The molecule has 0 heterocycles. The summed E-state index contributed by atoms with van der Waals surface area (Å²) in [5, 5.41) is 13.5. The largest absolute Gasteiger partial charge is 0.493 e. The Balaban J connectivity index is 1.91.